The number of rotatable bonds is 7. The molecule has 1 aromatic carbocycles. The fourth-order valence-electron chi connectivity index (χ4n) is 2.13. The topological polar surface area (TPSA) is 32.5 Å². The van der Waals surface area contributed by atoms with Crippen LogP contribution >= 0.6 is 0 Å². The van der Waals surface area contributed by atoms with Crippen molar-refractivity contribution in [3.63, 3.8) is 0 Å². The van der Waals surface area contributed by atoms with Crippen molar-refractivity contribution in [3.05, 3.63) is 35.1 Å². The summed E-state index contributed by atoms with van der Waals surface area (Å²) in [7, 11) is 5.73. The highest BCUT2D eigenvalue weighted by Crippen LogP contribution is 2.24. The van der Waals surface area contributed by atoms with E-state index in [1.54, 1.807) is 7.05 Å². The second-order valence-electron chi connectivity index (χ2n) is 5.18. The van der Waals surface area contributed by atoms with Crippen molar-refractivity contribution in [2.75, 3.05) is 40.8 Å². The number of halogens is 3. The fourth-order valence-corrected chi connectivity index (χ4v) is 2.13. The molecule has 0 heterocycles. The van der Waals surface area contributed by atoms with Crippen molar-refractivity contribution in [2.45, 2.75) is 12.5 Å². The summed E-state index contributed by atoms with van der Waals surface area (Å²) in [5.74, 6) is -3.00. The van der Waals surface area contributed by atoms with E-state index in [9.17, 15) is 13.2 Å². The Labute approximate surface area is 118 Å². The zero-order valence-corrected chi connectivity index (χ0v) is 12.2. The Hall–Kier alpha value is -1.11. The second kappa shape index (κ2) is 7.61. The molecular weight excluding hydrogens is 267 g/mol. The van der Waals surface area contributed by atoms with E-state index in [0.29, 0.717) is 12.6 Å². The monoisotopic (exact) mass is 289 g/mol. The highest BCUT2D eigenvalue weighted by Gasteiger charge is 2.21. The molecule has 0 spiro atoms. The highest BCUT2D eigenvalue weighted by molar-refractivity contribution is 5.23. The predicted molar refractivity (Wildman–Crippen MR) is 73.9 cm³/mol. The van der Waals surface area contributed by atoms with Gasteiger partial charge in [-0.15, -0.1) is 0 Å². The van der Waals surface area contributed by atoms with Crippen LogP contribution < -0.4 is 5.73 Å². The van der Waals surface area contributed by atoms with Crippen molar-refractivity contribution in [3.8, 4) is 0 Å². The quantitative estimate of drug-likeness (QED) is 0.779. The molecule has 0 fully saturated rings. The summed E-state index contributed by atoms with van der Waals surface area (Å²) < 4.78 is 40.0. The van der Waals surface area contributed by atoms with Crippen molar-refractivity contribution >= 4 is 0 Å². The lowest BCUT2D eigenvalue weighted by atomic mass is 10.0. The van der Waals surface area contributed by atoms with Gasteiger partial charge in [-0.3, -0.25) is 4.90 Å². The van der Waals surface area contributed by atoms with E-state index in [0.717, 1.165) is 19.0 Å². The first-order valence-corrected chi connectivity index (χ1v) is 6.56. The van der Waals surface area contributed by atoms with Gasteiger partial charge in [0.05, 0.1) is 0 Å². The third kappa shape index (κ3) is 4.47. The highest BCUT2D eigenvalue weighted by atomic mass is 19.2. The maximum Gasteiger partial charge on any atom is 0.161 e. The Morgan fingerprint density at radius 3 is 2.15 bits per heavy atom. The fraction of sp³-hybridized carbons (Fsp3) is 0.571. The van der Waals surface area contributed by atoms with Crippen LogP contribution in [-0.2, 0) is 0 Å². The first kappa shape index (κ1) is 16.9. The number of benzene rings is 1. The van der Waals surface area contributed by atoms with Crippen LogP contribution in [0.1, 0.15) is 18.0 Å². The van der Waals surface area contributed by atoms with E-state index < -0.39 is 23.5 Å². The van der Waals surface area contributed by atoms with Gasteiger partial charge in [0.1, 0.15) is 5.82 Å². The van der Waals surface area contributed by atoms with Crippen LogP contribution in [0.4, 0.5) is 13.2 Å². The average molecular weight is 289 g/mol. The van der Waals surface area contributed by atoms with Gasteiger partial charge in [0.2, 0.25) is 0 Å². The van der Waals surface area contributed by atoms with E-state index in [1.165, 1.54) is 0 Å². The van der Waals surface area contributed by atoms with Gasteiger partial charge in [-0.2, -0.15) is 0 Å². The first-order valence-electron chi connectivity index (χ1n) is 6.56. The van der Waals surface area contributed by atoms with Crippen LogP contribution in [0.5, 0.6) is 0 Å². The largest absolute Gasteiger partial charge is 0.329 e. The number of hydrogen-bond donors (Lipinski definition) is 1. The van der Waals surface area contributed by atoms with Crippen molar-refractivity contribution < 1.29 is 13.2 Å². The van der Waals surface area contributed by atoms with Gasteiger partial charge in [-0.05, 0) is 46.7 Å². The molecule has 3 nitrogen and oxygen atoms in total. The van der Waals surface area contributed by atoms with Crippen LogP contribution in [0.2, 0.25) is 0 Å². The molecule has 1 atom stereocenters. The lowest BCUT2D eigenvalue weighted by Gasteiger charge is -2.28. The molecule has 0 bridgehead atoms. The summed E-state index contributed by atoms with van der Waals surface area (Å²) in [4.78, 5) is 3.91. The van der Waals surface area contributed by atoms with Crippen molar-refractivity contribution in [1.29, 1.82) is 0 Å². The van der Waals surface area contributed by atoms with Gasteiger partial charge < -0.3 is 10.6 Å². The molecule has 0 aliphatic rings. The molecule has 2 N–H and O–H groups in total. The van der Waals surface area contributed by atoms with E-state index in [2.05, 4.69) is 0 Å². The molecule has 0 saturated heterocycles. The van der Waals surface area contributed by atoms with Crippen molar-refractivity contribution in [1.82, 2.24) is 9.80 Å². The molecule has 0 saturated carbocycles. The lowest BCUT2D eigenvalue weighted by molar-refractivity contribution is 0.230. The van der Waals surface area contributed by atoms with Gasteiger partial charge in [-0.25, -0.2) is 13.2 Å². The Morgan fingerprint density at radius 2 is 1.60 bits per heavy atom. The van der Waals surface area contributed by atoms with Gasteiger partial charge in [0, 0.05) is 24.2 Å². The summed E-state index contributed by atoms with van der Waals surface area (Å²) >= 11 is 0. The molecule has 0 aliphatic carbocycles. The molecule has 0 aliphatic heterocycles. The lowest BCUT2D eigenvalue weighted by Crippen LogP contribution is -2.33. The molecule has 20 heavy (non-hydrogen) atoms. The maximum absolute atomic E-state index is 13.8. The summed E-state index contributed by atoms with van der Waals surface area (Å²) in [6.07, 6.45) is 0.880. The Bertz CT molecular complexity index is 438. The summed E-state index contributed by atoms with van der Waals surface area (Å²) in [5, 5.41) is 0. The summed E-state index contributed by atoms with van der Waals surface area (Å²) in [6, 6.07) is 0.998. The number of nitrogens with two attached hydrogens (primary N) is 1. The average Bonchev–Trinajstić information content (AvgIpc) is 2.36. The SMILES string of the molecule is CN(C)CCCN(C)C(CN)c1cc(F)c(F)cc1F. The van der Waals surface area contributed by atoms with E-state index in [-0.39, 0.29) is 12.1 Å². The molecule has 0 radical (unpaired) electrons. The minimum absolute atomic E-state index is 0.0961. The minimum Gasteiger partial charge on any atom is -0.329 e. The van der Waals surface area contributed by atoms with Crippen LogP contribution in [0.15, 0.2) is 12.1 Å². The third-order valence-electron chi connectivity index (χ3n) is 3.27. The van der Waals surface area contributed by atoms with Crippen LogP contribution in [0.25, 0.3) is 0 Å². The second-order valence-corrected chi connectivity index (χ2v) is 5.18. The molecular formula is C14H22F3N3. The van der Waals surface area contributed by atoms with Crippen molar-refractivity contribution in [2.24, 2.45) is 5.73 Å². The normalized spacial score (nSPS) is 13.2. The molecule has 1 unspecified atom stereocenters. The minimum atomic E-state index is -1.18. The molecule has 0 amide bonds. The first-order chi connectivity index (χ1) is 9.36. The summed E-state index contributed by atoms with van der Waals surface area (Å²) in [6.45, 7) is 1.72. The van der Waals surface area contributed by atoms with E-state index in [1.807, 2.05) is 23.9 Å². The van der Waals surface area contributed by atoms with Gasteiger partial charge in [0.25, 0.3) is 0 Å². The Kier molecular flexibility index (Phi) is 6.45. The van der Waals surface area contributed by atoms with Gasteiger partial charge >= 0.3 is 0 Å². The van der Waals surface area contributed by atoms with E-state index in [4.69, 9.17) is 5.73 Å². The predicted octanol–water partition coefficient (Wildman–Crippen LogP) is 1.99. The van der Waals surface area contributed by atoms with Crippen LogP contribution in [0.3, 0.4) is 0 Å². The smallest absolute Gasteiger partial charge is 0.161 e. The molecule has 6 heteroatoms. The van der Waals surface area contributed by atoms with Crippen LogP contribution in [-0.4, -0.2) is 50.6 Å². The zero-order valence-electron chi connectivity index (χ0n) is 12.2. The van der Waals surface area contributed by atoms with Gasteiger partial charge in [0.15, 0.2) is 11.6 Å². The Balaban J connectivity index is 2.82. The van der Waals surface area contributed by atoms with Gasteiger partial charge in [-0.1, -0.05) is 0 Å². The number of nitrogens with zero attached hydrogens (tertiary/aromatic N) is 2. The standard InChI is InChI=1S/C14H22F3N3/c1-19(2)5-4-6-20(3)14(9-18)10-7-12(16)13(17)8-11(10)15/h7-8,14H,4-6,9,18H2,1-3H3. The number of likely N-dealkylation sites (N-methyl/N-ethyl adjacent to an activating group) is 1. The summed E-state index contributed by atoms with van der Waals surface area (Å²) in [5.41, 5.74) is 5.76. The maximum atomic E-state index is 13.8. The van der Waals surface area contributed by atoms with E-state index >= 15 is 0 Å². The van der Waals surface area contributed by atoms with Crippen LogP contribution in [0, 0.1) is 17.5 Å². The molecule has 114 valence electrons. The number of hydrogen-bond acceptors (Lipinski definition) is 3. The molecule has 0 aromatic heterocycles. The Morgan fingerprint density at radius 1 is 1.00 bits per heavy atom. The molecule has 1 aromatic rings. The zero-order chi connectivity index (χ0) is 15.3. The molecule has 1 rings (SSSR count). The third-order valence-corrected chi connectivity index (χ3v) is 3.27.